The molecule has 1 heterocycles. The number of nitrogens with zero attached hydrogens (tertiary/aromatic N) is 2. The van der Waals surface area contributed by atoms with Gasteiger partial charge in [0.1, 0.15) is 0 Å². The highest BCUT2D eigenvalue weighted by atomic mass is 15.2. The molecule has 0 aliphatic carbocycles. The molecule has 0 amide bonds. The third kappa shape index (κ3) is 2.25. The summed E-state index contributed by atoms with van der Waals surface area (Å²) >= 11 is 0. The van der Waals surface area contributed by atoms with Crippen LogP contribution in [0.1, 0.15) is 12.0 Å². The van der Waals surface area contributed by atoms with Crippen LogP contribution in [0.2, 0.25) is 0 Å². The second kappa shape index (κ2) is 5.03. The van der Waals surface area contributed by atoms with E-state index in [0.29, 0.717) is 5.56 Å². The quantitative estimate of drug-likeness (QED) is 0.840. The zero-order chi connectivity index (χ0) is 13.1. The molecule has 3 heteroatoms. The lowest BCUT2D eigenvalue weighted by Crippen LogP contribution is -2.17. The average molecular weight is 249 g/mol. The molecule has 0 saturated carbocycles. The van der Waals surface area contributed by atoms with Crippen LogP contribution in [0.15, 0.2) is 48.5 Å². The maximum absolute atomic E-state index is 8.87. The van der Waals surface area contributed by atoms with E-state index < -0.39 is 0 Å². The molecule has 1 aliphatic heterocycles. The summed E-state index contributed by atoms with van der Waals surface area (Å²) in [6.45, 7) is 1.97. The number of fused-ring (bicyclic) bond motifs is 1. The first-order valence-corrected chi connectivity index (χ1v) is 6.49. The third-order valence-electron chi connectivity index (χ3n) is 3.38. The van der Waals surface area contributed by atoms with Gasteiger partial charge in [-0.1, -0.05) is 12.1 Å². The molecule has 0 saturated heterocycles. The molecule has 0 radical (unpaired) electrons. The van der Waals surface area contributed by atoms with E-state index in [4.69, 9.17) is 5.26 Å². The molecule has 0 aromatic heterocycles. The molecule has 2 aromatic carbocycles. The van der Waals surface area contributed by atoms with Crippen molar-refractivity contribution >= 4 is 17.1 Å². The molecular weight excluding hydrogens is 234 g/mol. The van der Waals surface area contributed by atoms with Gasteiger partial charge in [0.2, 0.25) is 0 Å². The first-order chi connectivity index (χ1) is 9.38. The zero-order valence-corrected chi connectivity index (χ0v) is 10.6. The Balaban J connectivity index is 2.01. The van der Waals surface area contributed by atoms with Crippen LogP contribution in [-0.4, -0.2) is 13.1 Å². The van der Waals surface area contributed by atoms with Gasteiger partial charge in [-0.15, -0.1) is 0 Å². The van der Waals surface area contributed by atoms with E-state index in [9.17, 15) is 0 Å². The lowest BCUT2D eigenvalue weighted by molar-refractivity contribution is 0.863. The van der Waals surface area contributed by atoms with E-state index in [2.05, 4.69) is 34.5 Å². The summed E-state index contributed by atoms with van der Waals surface area (Å²) < 4.78 is 0. The fraction of sp³-hybridized carbons (Fsp3) is 0.188. The van der Waals surface area contributed by atoms with Crippen molar-refractivity contribution in [2.24, 2.45) is 0 Å². The molecule has 94 valence electrons. The maximum atomic E-state index is 8.87. The van der Waals surface area contributed by atoms with Gasteiger partial charge in [-0.2, -0.15) is 5.26 Å². The topological polar surface area (TPSA) is 39.1 Å². The van der Waals surface area contributed by atoms with E-state index in [1.165, 1.54) is 11.4 Å². The minimum absolute atomic E-state index is 0.699. The lowest BCUT2D eigenvalue weighted by atomic mass is 10.2. The van der Waals surface area contributed by atoms with Crippen LogP contribution in [0.5, 0.6) is 0 Å². The normalized spacial score (nSPS) is 13.9. The Kier molecular flexibility index (Phi) is 3.07. The Morgan fingerprint density at radius 1 is 1.05 bits per heavy atom. The predicted octanol–water partition coefficient (Wildman–Crippen LogP) is 3.51. The maximum Gasteiger partial charge on any atom is 0.0991 e. The molecule has 0 spiro atoms. The Morgan fingerprint density at radius 3 is 2.63 bits per heavy atom. The minimum atomic E-state index is 0.699. The first kappa shape index (κ1) is 11.6. The van der Waals surface area contributed by atoms with Crippen LogP contribution in [0.3, 0.4) is 0 Å². The highest BCUT2D eigenvalue weighted by Gasteiger charge is 2.15. The van der Waals surface area contributed by atoms with Crippen LogP contribution >= 0.6 is 0 Å². The Hall–Kier alpha value is -2.47. The van der Waals surface area contributed by atoms with Gasteiger partial charge in [0.25, 0.3) is 0 Å². The van der Waals surface area contributed by atoms with E-state index in [-0.39, 0.29) is 0 Å². The van der Waals surface area contributed by atoms with Gasteiger partial charge in [-0.05, 0) is 42.8 Å². The van der Waals surface area contributed by atoms with Crippen molar-refractivity contribution in [2.45, 2.75) is 6.42 Å². The number of hydrogen-bond acceptors (Lipinski definition) is 3. The van der Waals surface area contributed by atoms with E-state index in [1.807, 2.05) is 30.3 Å². The number of para-hydroxylation sites is 2. The van der Waals surface area contributed by atoms with Crippen molar-refractivity contribution in [1.29, 1.82) is 5.26 Å². The fourth-order valence-electron chi connectivity index (χ4n) is 2.42. The molecule has 1 aliphatic rings. The summed E-state index contributed by atoms with van der Waals surface area (Å²) in [6.07, 6.45) is 1.09. The zero-order valence-electron chi connectivity index (χ0n) is 10.6. The Bertz CT molecular complexity index is 611. The van der Waals surface area contributed by atoms with Crippen LogP contribution in [0.25, 0.3) is 0 Å². The molecule has 1 N–H and O–H groups in total. The van der Waals surface area contributed by atoms with Crippen LogP contribution in [0, 0.1) is 11.3 Å². The van der Waals surface area contributed by atoms with Crippen molar-refractivity contribution in [3.63, 3.8) is 0 Å². The molecule has 19 heavy (non-hydrogen) atoms. The number of nitriles is 1. The summed E-state index contributed by atoms with van der Waals surface area (Å²) in [4.78, 5) is 2.30. The summed E-state index contributed by atoms with van der Waals surface area (Å²) in [7, 11) is 0. The van der Waals surface area contributed by atoms with E-state index >= 15 is 0 Å². The standard InChI is InChI=1S/C16H15N3/c17-12-13-6-8-14(9-7-13)19-11-3-10-18-15-4-1-2-5-16(15)19/h1-2,4-9,18H,3,10-11H2. The van der Waals surface area contributed by atoms with Gasteiger partial charge in [-0.3, -0.25) is 0 Å². The van der Waals surface area contributed by atoms with Gasteiger partial charge in [0.05, 0.1) is 23.0 Å². The van der Waals surface area contributed by atoms with Gasteiger partial charge < -0.3 is 10.2 Å². The van der Waals surface area contributed by atoms with Crippen LogP contribution in [-0.2, 0) is 0 Å². The molecular formula is C16H15N3. The largest absolute Gasteiger partial charge is 0.383 e. The van der Waals surface area contributed by atoms with Crippen molar-refractivity contribution in [2.75, 3.05) is 23.3 Å². The van der Waals surface area contributed by atoms with Crippen molar-refractivity contribution in [3.8, 4) is 6.07 Å². The van der Waals surface area contributed by atoms with Gasteiger partial charge in [0, 0.05) is 18.8 Å². The monoisotopic (exact) mass is 249 g/mol. The summed E-state index contributed by atoms with van der Waals surface area (Å²) in [5, 5.41) is 12.3. The van der Waals surface area contributed by atoms with Gasteiger partial charge in [-0.25, -0.2) is 0 Å². The van der Waals surface area contributed by atoms with Crippen LogP contribution < -0.4 is 10.2 Å². The Morgan fingerprint density at radius 2 is 1.84 bits per heavy atom. The second-order valence-electron chi connectivity index (χ2n) is 4.61. The number of benzene rings is 2. The van der Waals surface area contributed by atoms with Gasteiger partial charge in [0.15, 0.2) is 0 Å². The van der Waals surface area contributed by atoms with Crippen molar-refractivity contribution < 1.29 is 0 Å². The first-order valence-electron chi connectivity index (χ1n) is 6.49. The number of anilines is 3. The highest BCUT2D eigenvalue weighted by Crippen LogP contribution is 2.33. The third-order valence-corrected chi connectivity index (χ3v) is 3.38. The summed E-state index contributed by atoms with van der Waals surface area (Å²) in [5.41, 5.74) is 4.20. The smallest absolute Gasteiger partial charge is 0.0991 e. The van der Waals surface area contributed by atoms with E-state index in [0.717, 1.165) is 25.2 Å². The molecule has 0 fully saturated rings. The molecule has 0 atom stereocenters. The van der Waals surface area contributed by atoms with Gasteiger partial charge >= 0.3 is 0 Å². The molecule has 3 rings (SSSR count). The number of nitrogens with one attached hydrogen (secondary N) is 1. The highest BCUT2D eigenvalue weighted by molar-refractivity contribution is 5.77. The van der Waals surface area contributed by atoms with Crippen molar-refractivity contribution in [3.05, 3.63) is 54.1 Å². The summed E-state index contributed by atoms with van der Waals surface area (Å²) in [6, 6.07) is 18.3. The molecule has 0 unspecified atom stereocenters. The van der Waals surface area contributed by atoms with E-state index in [1.54, 1.807) is 0 Å². The minimum Gasteiger partial charge on any atom is -0.383 e. The van der Waals surface area contributed by atoms with Crippen molar-refractivity contribution in [1.82, 2.24) is 0 Å². The number of hydrogen-bond donors (Lipinski definition) is 1. The second-order valence-corrected chi connectivity index (χ2v) is 4.61. The molecule has 2 aromatic rings. The average Bonchev–Trinajstić information content (AvgIpc) is 2.70. The van der Waals surface area contributed by atoms with Crippen LogP contribution in [0.4, 0.5) is 17.1 Å². The lowest BCUT2D eigenvalue weighted by Gasteiger charge is -2.24. The predicted molar refractivity (Wildman–Crippen MR) is 77.7 cm³/mol. The number of rotatable bonds is 1. The fourth-order valence-corrected chi connectivity index (χ4v) is 2.42. The summed E-state index contributed by atoms with van der Waals surface area (Å²) in [5.74, 6) is 0. The molecule has 3 nitrogen and oxygen atoms in total. The SMILES string of the molecule is N#Cc1ccc(N2CCCNc3ccccc32)cc1. The molecule has 0 bridgehead atoms. The Labute approximate surface area is 113 Å².